The quantitative estimate of drug-likeness (QED) is 0.821. The first kappa shape index (κ1) is 11.4. The SMILES string of the molecule is O=C(CN1CCc2sccc2C1)C1CCCC1. The second-order valence-electron chi connectivity index (χ2n) is 5.28. The molecule has 1 fully saturated rings. The van der Waals surface area contributed by atoms with Crippen molar-refractivity contribution >= 4 is 17.1 Å². The Hall–Kier alpha value is -0.670. The van der Waals surface area contributed by atoms with E-state index in [1.807, 2.05) is 11.3 Å². The lowest BCUT2D eigenvalue weighted by molar-refractivity contribution is -0.124. The van der Waals surface area contributed by atoms with Crippen molar-refractivity contribution in [2.45, 2.75) is 38.6 Å². The van der Waals surface area contributed by atoms with Gasteiger partial charge in [-0.15, -0.1) is 11.3 Å². The zero-order chi connectivity index (χ0) is 11.7. The number of hydrogen-bond donors (Lipinski definition) is 0. The summed E-state index contributed by atoms with van der Waals surface area (Å²) in [5, 5.41) is 2.17. The maximum atomic E-state index is 12.1. The average Bonchev–Trinajstić information content (AvgIpc) is 2.99. The number of fused-ring (bicyclic) bond motifs is 1. The first-order chi connectivity index (χ1) is 8.33. The molecule has 0 radical (unpaired) electrons. The maximum absolute atomic E-state index is 12.1. The van der Waals surface area contributed by atoms with Crippen LogP contribution in [0.25, 0.3) is 0 Å². The minimum atomic E-state index is 0.374. The molecule has 1 saturated carbocycles. The second kappa shape index (κ2) is 4.91. The zero-order valence-corrected chi connectivity index (χ0v) is 11.0. The van der Waals surface area contributed by atoms with Crippen molar-refractivity contribution in [3.63, 3.8) is 0 Å². The lowest BCUT2D eigenvalue weighted by Gasteiger charge is -2.27. The summed E-state index contributed by atoms with van der Waals surface area (Å²) >= 11 is 1.86. The van der Waals surface area contributed by atoms with Crippen LogP contribution in [0.5, 0.6) is 0 Å². The Morgan fingerprint density at radius 3 is 3.06 bits per heavy atom. The maximum Gasteiger partial charge on any atom is 0.149 e. The predicted molar refractivity (Wildman–Crippen MR) is 70.3 cm³/mol. The predicted octanol–water partition coefficient (Wildman–Crippen LogP) is 2.87. The van der Waals surface area contributed by atoms with Crippen LogP contribution < -0.4 is 0 Å². The number of carbonyl (C=O) groups excluding carboxylic acids is 1. The molecular weight excluding hydrogens is 230 g/mol. The first-order valence-electron chi connectivity index (χ1n) is 6.63. The fraction of sp³-hybridized carbons (Fsp3) is 0.643. The van der Waals surface area contributed by atoms with Crippen molar-refractivity contribution < 1.29 is 4.79 Å². The van der Waals surface area contributed by atoms with Crippen LogP contribution in [0, 0.1) is 5.92 Å². The smallest absolute Gasteiger partial charge is 0.149 e. The molecule has 0 bridgehead atoms. The number of hydrogen-bond acceptors (Lipinski definition) is 3. The van der Waals surface area contributed by atoms with E-state index in [0.717, 1.165) is 32.4 Å². The van der Waals surface area contributed by atoms with Gasteiger partial charge in [0.25, 0.3) is 0 Å². The molecule has 0 N–H and O–H groups in total. The van der Waals surface area contributed by atoms with E-state index in [2.05, 4.69) is 16.3 Å². The molecule has 1 aromatic rings. The molecule has 0 unspecified atom stereocenters. The van der Waals surface area contributed by atoms with Crippen LogP contribution in [0.3, 0.4) is 0 Å². The highest BCUT2D eigenvalue weighted by atomic mass is 32.1. The fourth-order valence-corrected chi connectivity index (χ4v) is 3.93. The Kier molecular flexibility index (Phi) is 3.30. The highest BCUT2D eigenvalue weighted by Crippen LogP contribution is 2.27. The minimum absolute atomic E-state index is 0.374. The van der Waals surface area contributed by atoms with Crippen molar-refractivity contribution in [1.29, 1.82) is 0 Å². The van der Waals surface area contributed by atoms with E-state index in [1.54, 1.807) is 0 Å². The van der Waals surface area contributed by atoms with Gasteiger partial charge < -0.3 is 0 Å². The van der Waals surface area contributed by atoms with E-state index >= 15 is 0 Å². The van der Waals surface area contributed by atoms with Crippen LogP contribution in [-0.4, -0.2) is 23.8 Å². The summed E-state index contributed by atoms with van der Waals surface area (Å²) in [5.74, 6) is 0.861. The van der Waals surface area contributed by atoms with Gasteiger partial charge in [0.05, 0.1) is 6.54 Å². The first-order valence-corrected chi connectivity index (χ1v) is 7.51. The van der Waals surface area contributed by atoms with Gasteiger partial charge in [-0.05, 0) is 36.3 Å². The van der Waals surface area contributed by atoms with Gasteiger partial charge in [-0.2, -0.15) is 0 Å². The minimum Gasteiger partial charge on any atom is -0.298 e. The third kappa shape index (κ3) is 2.45. The lowest BCUT2D eigenvalue weighted by atomic mass is 10.0. The van der Waals surface area contributed by atoms with Crippen LogP contribution in [0.1, 0.15) is 36.1 Å². The van der Waals surface area contributed by atoms with E-state index in [9.17, 15) is 4.79 Å². The molecule has 3 rings (SSSR count). The van der Waals surface area contributed by atoms with Gasteiger partial charge in [-0.1, -0.05) is 12.8 Å². The second-order valence-corrected chi connectivity index (χ2v) is 6.28. The lowest BCUT2D eigenvalue weighted by Crippen LogP contribution is -2.36. The number of rotatable bonds is 3. The Morgan fingerprint density at radius 2 is 2.24 bits per heavy atom. The summed E-state index contributed by atoms with van der Waals surface area (Å²) in [7, 11) is 0. The number of thiophene rings is 1. The third-order valence-electron chi connectivity index (χ3n) is 4.08. The van der Waals surface area contributed by atoms with Crippen molar-refractivity contribution in [1.82, 2.24) is 4.90 Å². The highest BCUT2D eigenvalue weighted by Gasteiger charge is 2.25. The van der Waals surface area contributed by atoms with E-state index in [0.29, 0.717) is 18.2 Å². The molecule has 0 atom stereocenters. The van der Waals surface area contributed by atoms with Gasteiger partial charge in [0.15, 0.2) is 0 Å². The number of Topliss-reactive ketones (excluding diaryl/α,β-unsaturated/α-hetero) is 1. The fourth-order valence-electron chi connectivity index (χ4n) is 3.04. The molecule has 17 heavy (non-hydrogen) atoms. The van der Waals surface area contributed by atoms with Gasteiger partial charge in [0.1, 0.15) is 5.78 Å². The Bertz CT molecular complexity index is 406. The number of nitrogens with zero attached hydrogens (tertiary/aromatic N) is 1. The van der Waals surface area contributed by atoms with E-state index in [1.165, 1.54) is 23.3 Å². The molecule has 3 heteroatoms. The summed E-state index contributed by atoms with van der Waals surface area (Å²) < 4.78 is 0. The molecule has 0 saturated heterocycles. The van der Waals surface area contributed by atoms with Crippen LogP contribution in [0.15, 0.2) is 11.4 Å². The molecule has 0 aromatic carbocycles. The molecule has 0 amide bonds. The summed E-state index contributed by atoms with van der Waals surface area (Å²) in [6, 6.07) is 2.21. The molecular formula is C14H19NOS. The van der Waals surface area contributed by atoms with Crippen molar-refractivity contribution in [3.05, 3.63) is 21.9 Å². The molecule has 0 spiro atoms. The summed E-state index contributed by atoms with van der Waals surface area (Å²) in [4.78, 5) is 16.0. The molecule has 1 aliphatic heterocycles. The monoisotopic (exact) mass is 249 g/mol. The Morgan fingerprint density at radius 1 is 1.41 bits per heavy atom. The Balaban J connectivity index is 1.58. The highest BCUT2D eigenvalue weighted by molar-refractivity contribution is 7.10. The number of ketones is 1. The van der Waals surface area contributed by atoms with E-state index in [4.69, 9.17) is 0 Å². The average molecular weight is 249 g/mol. The van der Waals surface area contributed by atoms with Gasteiger partial charge in [0, 0.05) is 23.9 Å². The standard InChI is InChI=1S/C14H19NOS/c16-13(11-3-1-2-4-11)10-15-7-5-14-12(9-15)6-8-17-14/h6,8,11H,1-5,7,9-10H2. The van der Waals surface area contributed by atoms with Crippen molar-refractivity contribution in [2.75, 3.05) is 13.1 Å². The van der Waals surface area contributed by atoms with Gasteiger partial charge >= 0.3 is 0 Å². The van der Waals surface area contributed by atoms with E-state index in [-0.39, 0.29) is 0 Å². The normalized spacial score (nSPS) is 21.6. The zero-order valence-electron chi connectivity index (χ0n) is 10.2. The molecule has 2 nitrogen and oxygen atoms in total. The number of carbonyl (C=O) groups is 1. The third-order valence-corrected chi connectivity index (χ3v) is 5.10. The summed E-state index contributed by atoms with van der Waals surface area (Å²) in [5.41, 5.74) is 1.44. The summed E-state index contributed by atoms with van der Waals surface area (Å²) in [6.07, 6.45) is 5.91. The molecule has 92 valence electrons. The van der Waals surface area contributed by atoms with Crippen molar-refractivity contribution in [2.24, 2.45) is 5.92 Å². The van der Waals surface area contributed by atoms with Crippen molar-refractivity contribution in [3.8, 4) is 0 Å². The molecule has 1 aliphatic carbocycles. The van der Waals surface area contributed by atoms with Crippen LogP contribution >= 0.6 is 11.3 Å². The van der Waals surface area contributed by atoms with Gasteiger partial charge in [-0.25, -0.2) is 0 Å². The Labute approximate surface area is 107 Å². The largest absolute Gasteiger partial charge is 0.298 e. The van der Waals surface area contributed by atoms with Gasteiger partial charge in [-0.3, -0.25) is 9.69 Å². The molecule has 1 aromatic heterocycles. The molecule has 2 aliphatic rings. The van der Waals surface area contributed by atoms with E-state index < -0.39 is 0 Å². The topological polar surface area (TPSA) is 20.3 Å². The van der Waals surface area contributed by atoms with Crippen LogP contribution in [-0.2, 0) is 17.8 Å². The summed E-state index contributed by atoms with van der Waals surface area (Å²) in [6.45, 7) is 2.73. The van der Waals surface area contributed by atoms with Crippen LogP contribution in [0.4, 0.5) is 0 Å². The van der Waals surface area contributed by atoms with Crippen LogP contribution in [0.2, 0.25) is 0 Å². The van der Waals surface area contributed by atoms with Gasteiger partial charge in [0.2, 0.25) is 0 Å². The molecule has 2 heterocycles.